The SMILES string of the molecule is CCCCOCCOC1CCC1. The lowest BCUT2D eigenvalue weighted by Gasteiger charge is -2.25. The first-order valence-corrected chi connectivity index (χ1v) is 5.13. The van der Waals surface area contributed by atoms with Crippen molar-refractivity contribution in [2.24, 2.45) is 0 Å². The summed E-state index contributed by atoms with van der Waals surface area (Å²) in [5.74, 6) is 0. The minimum Gasteiger partial charge on any atom is -0.379 e. The van der Waals surface area contributed by atoms with E-state index in [-0.39, 0.29) is 0 Å². The highest BCUT2D eigenvalue weighted by Crippen LogP contribution is 2.21. The zero-order valence-corrected chi connectivity index (χ0v) is 8.05. The van der Waals surface area contributed by atoms with Gasteiger partial charge in [-0.15, -0.1) is 0 Å². The van der Waals surface area contributed by atoms with E-state index in [1.807, 2.05) is 0 Å². The largest absolute Gasteiger partial charge is 0.379 e. The Bertz CT molecular complexity index is 100. The zero-order chi connectivity index (χ0) is 8.65. The van der Waals surface area contributed by atoms with Crippen LogP contribution < -0.4 is 0 Å². The zero-order valence-electron chi connectivity index (χ0n) is 8.05. The molecule has 0 aromatic carbocycles. The van der Waals surface area contributed by atoms with Crippen molar-refractivity contribution in [3.63, 3.8) is 0 Å². The number of hydrogen-bond donors (Lipinski definition) is 0. The molecule has 1 saturated carbocycles. The molecular formula is C10H20O2. The molecule has 0 radical (unpaired) electrons. The first kappa shape index (κ1) is 10.0. The molecule has 0 aromatic rings. The van der Waals surface area contributed by atoms with Gasteiger partial charge in [0.15, 0.2) is 0 Å². The summed E-state index contributed by atoms with van der Waals surface area (Å²) in [6, 6.07) is 0. The van der Waals surface area contributed by atoms with Crippen LogP contribution in [0.1, 0.15) is 39.0 Å². The normalized spacial score (nSPS) is 17.8. The van der Waals surface area contributed by atoms with E-state index in [4.69, 9.17) is 9.47 Å². The Balaban J connectivity index is 1.70. The highest BCUT2D eigenvalue weighted by Gasteiger charge is 2.16. The summed E-state index contributed by atoms with van der Waals surface area (Å²) >= 11 is 0. The van der Waals surface area contributed by atoms with Gasteiger partial charge in [-0.3, -0.25) is 0 Å². The molecule has 0 saturated heterocycles. The van der Waals surface area contributed by atoms with Gasteiger partial charge in [0.05, 0.1) is 19.3 Å². The Morgan fingerprint density at radius 1 is 1.17 bits per heavy atom. The molecule has 0 unspecified atom stereocenters. The van der Waals surface area contributed by atoms with E-state index in [0.717, 1.165) is 19.8 Å². The molecule has 1 aliphatic carbocycles. The Morgan fingerprint density at radius 2 is 2.00 bits per heavy atom. The van der Waals surface area contributed by atoms with E-state index >= 15 is 0 Å². The fraction of sp³-hybridized carbons (Fsp3) is 1.00. The highest BCUT2D eigenvalue weighted by atomic mass is 16.5. The lowest BCUT2D eigenvalue weighted by atomic mass is 9.96. The minimum atomic E-state index is 0.555. The quantitative estimate of drug-likeness (QED) is 0.549. The third kappa shape index (κ3) is 4.07. The molecule has 0 bridgehead atoms. The molecule has 2 nitrogen and oxygen atoms in total. The third-order valence-corrected chi connectivity index (χ3v) is 2.28. The van der Waals surface area contributed by atoms with Gasteiger partial charge in [0.2, 0.25) is 0 Å². The fourth-order valence-electron chi connectivity index (χ4n) is 1.16. The van der Waals surface area contributed by atoms with Crippen molar-refractivity contribution in [3.05, 3.63) is 0 Å². The average Bonchev–Trinajstić information content (AvgIpc) is 2.00. The van der Waals surface area contributed by atoms with E-state index in [9.17, 15) is 0 Å². The predicted molar refractivity (Wildman–Crippen MR) is 49.3 cm³/mol. The standard InChI is InChI=1S/C10H20O2/c1-2-3-7-11-8-9-12-10-5-4-6-10/h10H,2-9H2,1H3. The van der Waals surface area contributed by atoms with Crippen molar-refractivity contribution in [1.82, 2.24) is 0 Å². The Labute approximate surface area is 75.2 Å². The summed E-state index contributed by atoms with van der Waals surface area (Å²) in [6.45, 7) is 4.63. The van der Waals surface area contributed by atoms with E-state index in [1.165, 1.54) is 32.1 Å². The van der Waals surface area contributed by atoms with Gasteiger partial charge in [0.1, 0.15) is 0 Å². The van der Waals surface area contributed by atoms with Gasteiger partial charge < -0.3 is 9.47 Å². The molecule has 1 fully saturated rings. The molecule has 0 spiro atoms. The summed E-state index contributed by atoms with van der Waals surface area (Å²) in [6.07, 6.45) is 6.80. The Kier molecular flexibility index (Phi) is 5.37. The smallest absolute Gasteiger partial charge is 0.0704 e. The second-order valence-corrected chi connectivity index (χ2v) is 3.39. The number of hydrogen-bond acceptors (Lipinski definition) is 2. The van der Waals surface area contributed by atoms with Crippen LogP contribution in [0.4, 0.5) is 0 Å². The van der Waals surface area contributed by atoms with Crippen LogP contribution in [0.5, 0.6) is 0 Å². The van der Waals surface area contributed by atoms with E-state index in [0.29, 0.717) is 6.10 Å². The van der Waals surface area contributed by atoms with Crippen molar-refractivity contribution in [2.45, 2.75) is 45.1 Å². The Hall–Kier alpha value is -0.0800. The first-order chi connectivity index (χ1) is 5.93. The summed E-state index contributed by atoms with van der Waals surface area (Å²) in [5, 5.41) is 0. The van der Waals surface area contributed by atoms with Gasteiger partial charge in [0.25, 0.3) is 0 Å². The second-order valence-electron chi connectivity index (χ2n) is 3.39. The van der Waals surface area contributed by atoms with Crippen LogP contribution in [0.3, 0.4) is 0 Å². The van der Waals surface area contributed by atoms with Gasteiger partial charge >= 0.3 is 0 Å². The molecule has 0 N–H and O–H groups in total. The molecule has 0 heterocycles. The van der Waals surface area contributed by atoms with Crippen LogP contribution in [0.15, 0.2) is 0 Å². The molecule has 0 aliphatic heterocycles. The van der Waals surface area contributed by atoms with Gasteiger partial charge in [0, 0.05) is 6.61 Å². The van der Waals surface area contributed by atoms with Crippen LogP contribution in [0, 0.1) is 0 Å². The maximum absolute atomic E-state index is 5.53. The van der Waals surface area contributed by atoms with E-state index in [1.54, 1.807) is 0 Å². The van der Waals surface area contributed by atoms with Crippen LogP contribution in [-0.2, 0) is 9.47 Å². The van der Waals surface area contributed by atoms with Crippen molar-refractivity contribution < 1.29 is 9.47 Å². The molecule has 2 heteroatoms. The van der Waals surface area contributed by atoms with Gasteiger partial charge in [-0.25, -0.2) is 0 Å². The highest BCUT2D eigenvalue weighted by molar-refractivity contribution is 4.68. The molecule has 0 aromatic heterocycles. The van der Waals surface area contributed by atoms with Crippen molar-refractivity contribution >= 4 is 0 Å². The van der Waals surface area contributed by atoms with Gasteiger partial charge in [-0.1, -0.05) is 13.3 Å². The van der Waals surface area contributed by atoms with Crippen molar-refractivity contribution in [3.8, 4) is 0 Å². The van der Waals surface area contributed by atoms with E-state index < -0.39 is 0 Å². The molecule has 0 atom stereocenters. The summed E-state index contributed by atoms with van der Waals surface area (Å²) in [7, 11) is 0. The van der Waals surface area contributed by atoms with E-state index in [2.05, 4.69) is 6.92 Å². The average molecular weight is 172 g/mol. The number of ether oxygens (including phenoxy) is 2. The van der Waals surface area contributed by atoms with Crippen LogP contribution in [-0.4, -0.2) is 25.9 Å². The fourth-order valence-corrected chi connectivity index (χ4v) is 1.16. The van der Waals surface area contributed by atoms with Crippen LogP contribution >= 0.6 is 0 Å². The first-order valence-electron chi connectivity index (χ1n) is 5.13. The third-order valence-electron chi connectivity index (χ3n) is 2.28. The molecule has 12 heavy (non-hydrogen) atoms. The number of unbranched alkanes of at least 4 members (excludes halogenated alkanes) is 1. The van der Waals surface area contributed by atoms with Gasteiger partial charge in [-0.05, 0) is 25.7 Å². The molecule has 1 rings (SSSR count). The molecule has 1 aliphatic rings. The summed E-state index contributed by atoms with van der Waals surface area (Å²) < 4.78 is 10.9. The maximum Gasteiger partial charge on any atom is 0.0704 e. The Morgan fingerprint density at radius 3 is 2.58 bits per heavy atom. The molecule has 72 valence electrons. The van der Waals surface area contributed by atoms with Crippen molar-refractivity contribution in [2.75, 3.05) is 19.8 Å². The molecular weight excluding hydrogens is 152 g/mol. The molecule has 0 amide bonds. The second kappa shape index (κ2) is 6.44. The monoisotopic (exact) mass is 172 g/mol. The lowest BCUT2D eigenvalue weighted by molar-refractivity contribution is -0.0289. The number of rotatable bonds is 7. The predicted octanol–water partition coefficient (Wildman–Crippen LogP) is 2.37. The lowest BCUT2D eigenvalue weighted by Crippen LogP contribution is -2.23. The van der Waals surface area contributed by atoms with Crippen molar-refractivity contribution in [1.29, 1.82) is 0 Å². The summed E-state index contributed by atoms with van der Waals surface area (Å²) in [4.78, 5) is 0. The minimum absolute atomic E-state index is 0.555. The van der Waals surface area contributed by atoms with Gasteiger partial charge in [-0.2, -0.15) is 0 Å². The maximum atomic E-state index is 5.53. The topological polar surface area (TPSA) is 18.5 Å². The summed E-state index contributed by atoms with van der Waals surface area (Å²) in [5.41, 5.74) is 0. The van der Waals surface area contributed by atoms with Crippen LogP contribution in [0.2, 0.25) is 0 Å². The van der Waals surface area contributed by atoms with Crippen LogP contribution in [0.25, 0.3) is 0 Å².